The van der Waals surface area contributed by atoms with Crippen LogP contribution in [0.2, 0.25) is 0 Å². The molecule has 1 fully saturated rings. The van der Waals surface area contributed by atoms with Gasteiger partial charge in [-0.25, -0.2) is 9.18 Å². The minimum Gasteiger partial charge on any atom is -0.366 e. The molecular weight excluding hydrogens is 443 g/mol. The summed E-state index contributed by atoms with van der Waals surface area (Å²) in [5.74, 6) is 0. The smallest absolute Gasteiger partial charge is 0.366 e. The van der Waals surface area contributed by atoms with E-state index in [2.05, 4.69) is 10.1 Å². The molecule has 1 aromatic rings. The van der Waals surface area contributed by atoms with E-state index in [4.69, 9.17) is 18.5 Å². The van der Waals surface area contributed by atoms with Crippen molar-refractivity contribution in [1.29, 1.82) is 0 Å². The quantitative estimate of drug-likeness (QED) is 0.332. The van der Waals surface area contributed by atoms with Gasteiger partial charge in [-0.15, -0.1) is 4.52 Å². The van der Waals surface area contributed by atoms with Crippen LogP contribution in [0.5, 0.6) is 0 Å². The number of H-pyrrole nitrogens is 1. The number of ether oxygens (including phenoxy) is 2. The fraction of sp³-hybridized carbons (Fsp3) is 0.750. The van der Waals surface area contributed by atoms with Crippen molar-refractivity contribution in [2.45, 2.75) is 70.7 Å². The molecular formula is C16H27FN3O8P2+. The van der Waals surface area contributed by atoms with Crippen molar-refractivity contribution in [2.75, 3.05) is 6.61 Å². The average Bonchev–Trinajstić information content (AvgIpc) is 2.97. The van der Waals surface area contributed by atoms with E-state index in [0.717, 1.165) is 4.57 Å². The lowest BCUT2D eigenvalue weighted by Gasteiger charge is -2.18. The van der Waals surface area contributed by atoms with Crippen molar-refractivity contribution in [3.05, 3.63) is 32.6 Å². The highest BCUT2D eigenvalue weighted by molar-refractivity contribution is 7.36. The van der Waals surface area contributed by atoms with E-state index in [-0.39, 0.29) is 18.3 Å². The number of rotatable bonds is 10. The molecule has 5 unspecified atom stereocenters. The van der Waals surface area contributed by atoms with E-state index in [1.54, 1.807) is 20.8 Å². The summed E-state index contributed by atoms with van der Waals surface area (Å²) in [5.41, 5.74) is -1.20. The number of aryl methyl sites for hydroxylation is 1. The predicted octanol–water partition coefficient (Wildman–Crippen LogP) is 0.651. The summed E-state index contributed by atoms with van der Waals surface area (Å²) in [6, 6.07) is -0.696. The second-order valence-electron chi connectivity index (χ2n) is 7.13. The van der Waals surface area contributed by atoms with Crippen LogP contribution in [-0.2, 0) is 23.1 Å². The largest absolute Gasteiger partial charge is 0.613 e. The van der Waals surface area contributed by atoms with E-state index in [1.165, 1.54) is 13.1 Å². The minimum absolute atomic E-state index is 0.205. The molecule has 0 aliphatic carbocycles. The highest BCUT2D eigenvalue weighted by Crippen LogP contribution is 2.35. The van der Waals surface area contributed by atoms with Crippen molar-refractivity contribution >= 4 is 17.6 Å². The van der Waals surface area contributed by atoms with Gasteiger partial charge in [0.2, 0.25) is 0 Å². The highest BCUT2D eigenvalue weighted by atomic mass is 31.1. The summed E-state index contributed by atoms with van der Waals surface area (Å²) in [5, 5.41) is 12.4. The Hall–Kier alpha value is -1.10. The SMILES string of the molecule is Cc1cn([C@H]2O[C@@H](CO[P+](=O)N[C@@H](C)C(O)OC(C)C)C(OP)C2F)c(=O)[nH]c1=O. The summed E-state index contributed by atoms with van der Waals surface area (Å²) in [6.45, 7) is 6.19. The Bertz CT molecular complexity index is 851. The lowest BCUT2D eigenvalue weighted by atomic mass is 10.1. The van der Waals surface area contributed by atoms with Crippen LogP contribution < -0.4 is 16.3 Å². The lowest BCUT2D eigenvalue weighted by molar-refractivity contribution is -0.137. The maximum Gasteiger partial charge on any atom is 0.613 e. The zero-order valence-corrected chi connectivity index (χ0v) is 19.0. The molecule has 1 saturated heterocycles. The Morgan fingerprint density at radius 1 is 1.43 bits per heavy atom. The zero-order chi connectivity index (χ0) is 22.6. The number of aliphatic hydroxyl groups is 1. The van der Waals surface area contributed by atoms with Crippen molar-refractivity contribution in [2.24, 2.45) is 0 Å². The Morgan fingerprint density at radius 3 is 2.70 bits per heavy atom. The number of hydrogen-bond acceptors (Lipinski definition) is 8. The van der Waals surface area contributed by atoms with Gasteiger partial charge in [0.05, 0.1) is 6.10 Å². The molecule has 30 heavy (non-hydrogen) atoms. The standard InChI is InChI=1S/C16H26FN3O8P2/c1-7(2)26-15(22)9(4)19-30(24)25-6-10-12(28-29)11(17)14(27-10)20-5-8(3)13(21)18-16(20)23/h5,7,9-12,14-15,22H,6,29H2,1-4H3,(H-,18,19,21,23,24)/p+1/t9-,10-,11?,12?,14-,15?/m0/s1. The first-order valence-electron chi connectivity index (χ1n) is 9.22. The van der Waals surface area contributed by atoms with E-state index in [1.807, 2.05) is 9.47 Å². The molecule has 1 aromatic heterocycles. The molecule has 0 spiro atoms. The Balaban J connectivity index is 2.01. The first kappa shape index (κ1) is 25.2. The van der Waals surface area contributed by atoms with Crippen molar-refractivity contribution in [1.82, 2.24) is 14.6 Å². The second-order valence-corrected chi connectivity index (χ2v) is 8.44. The van der Waals surface area contributed by atoms with Crippen LogP contribution in [-0.4, -0.2) is 58.1 Å². The van der Waals surface area contributed by atoms with Gasteiger partial charge < -0.3 is 19.1 Å². The number of halogens is 1. The third-order valence-corrected chi connectivity index (χ3v) is 5.66. The Morgan fingerprint density at radius 2 is 2.10 bits per heavy atom. The number of aromatic amines is 1. The van der Waals surface area contributed by atoms with Gasteiger partial charge in [0, 0.05) is 21.2 Å². The average molecular weight is 470 g/mol. The van der Waals surface area contributed by atoms with Crippen LogP contribution in [0.4, 0.5) is 4.39 Å². The van der Waals surface area contributed by atoms with Crippen LogP contribution in [0, 0.1) is 6.92 Å². The number of alkyl halides is 1. The van der Waals surface area contributed by atoms with E-state index in [9.17, 15) is 23.7 Å². The number of aliphatic hydroxyl groups excluding tert-OH is 1. The topological polar surface area (TPSA) is 141 Å². The molecule has 0 radical (unpaired) electrons. The maximum absolute atomic E-state index is 14.9. The molecule has 1 aliphatic heterocycles. The summed E-state index contributed by atoms with van der Waals surface area (Å²) in [6.07, 6.45) is -5.48. The summed E-state index contributed by atoms with van der Waals surface area (Å²) in [7, 11) is -0.515. The number of aromatic nitrogens is 2. The summed E-state index contributed by atoms with van der Waals surface area (Å²) >= 11 is 0. The number of hydrogen-bond donors (Lipinski definition) is 3. The van der Waals surface area contributed by atoms with Gasteiger partial charge in [-0.3, -0.25) is 14.3 Å². The Kier molecular flexibility index (Phi) is 9.20. The van der Waals surface area contributed by atoms with Crippen LogP contribution in [0.1, 0.15) is 32.6 Å². The molecule has 0 aromatic carbocycles. The molecule has 11 nitrogen and oxygen atoms in total. The first-order chi connectivity index (χ1) is 14.0. The Labute approximate surface area is 175 Å². The molecule has 1 aliphatic rings. The van der Waals surface area contributed by atoms with Gasteiger partial charge in [0.25, 0.3) is 5.56 Å². The van der Waals surface area contributed by atoms with Gasteiger partial charge in [-0.05, 0) is 32.3 Å². The van der Waals surface area contributed by atoms with E-state index >= 15 is 0 Å². The molecule has 2 heterocycles. The minimum atomic E-state index is -2.44. The maximum atomic E-state index is 14.9. The fourth-order valence-electron chi connectivity index (χ4n) is 2.80. The van der Waals surface area contributed by atoms with Gasteiger partial charge in [-0.2, -0.15) is 0 Å². The molecule has 0 amide bonds. The molecule has 170 valence electrons. The van der Waals surface area contributed by atoms with Crippen LogP contribution in [0.3, 0.4) is 0 Å². The first-order valence-corrected chi connectivity index (χ1v) is 10.9. The van der Waals surface area contributed by atoms with Gasteiger partial charge in [0.15, 0.2) is 18.7 Å². The van der Waals surface area contributed by atoms with Crippen molar-refractivity contribution in [3.63, 3.8) is 0 Å². The van der Waals surface area contributed by atoms with Crippen LogP contribution >= 0.6 is 17.6 Å². The van der Waals surface area contributed by atoms with Crippen LogP contribution in [0.15, 0.2) is 15.8 Å². The van der Waals surface area contributed by atoms with E-state index in [0.29, 0.717) is 0 Å². The normalized spacial score (nSPS) is 26.7. The zero-order valence-electron chi connectivity index (χ0n) is 17.0. The van der Waals surface area contributed by atoms with E-state index < -0.39 is 56.4 Å². The van der Waals surface area contributed by atoms with Gasteiger partial charge in [0.1, 0.15) is 24.9 Å². The molecule has 0 bridgehead atoms. The van der Waals surface area contributed by atoms with Crippen LogP contribution in [0.25, 0.3) is 0 Å². The third-order valence-electron chi connectivity index (χ3n) is 4.35. The van der Waals surface area contributed by atoms with Gasteiger partial charge in [-0.1, -0.05) is 5.09 Å². The molecule has 0 saturated carbocycles. The molecule has 3 N–H and O–H groups in total. The molecule has 14 heteroatoms. The summed E-state index contributed by atoms with van der Waals surface area (Å²) < 4.78 is 48.9. The highest BCUT2D eigenvalue weighted by Gasteiger charge is 2.48. The van der Waals surface area contributed by atoms with Crippen molar-refractivity contribution < 1.29 is 32.6 Å². The summed E-state index contributed by atoms with van der Waals surface area (Å²) in [4.78, 5) is 25.7. The number of nitrogens with zero attached hydrogens (tertiary/aromatic N) is 1. The third kappa shape index (κ3) is 6.21. The molecule has 8 atom stereocenters. The fourth-order valence-corrected chi connectivity index (χ4v) is 3.94. The van der Waals surface area contributed by atoms with Crippen molar-refractivity contribution in [3.8, 4) is 0 Å². The lowest BCUT2D eigenvalue weighted by Crippen LogP contribution is -2.37. The number of nitrogens with one attached hydrogen (secondary N) is 2. The van der Waals surface area contributed by atoms with Gasteiger partial charge >= 0.3 is 13.9 Å². The monoisotopic (exact) mass is 470 g/mol. The predicted molar refractivity (Wildman–Crippen MR) is 108 cm³/mol. The second kappa shape index (κ2) is 11.0. The molecule has 2 rings (SSSR count).